The Balaban J connectivity index is 1.81. The number of nitrogens with zero attached hydrogens (tertiary/aromatic N) is 1. The lowest BCUT2D eigenvalue weighted by Gasteiger charge is -2.03. The van der Waals surface area contributed by atoms with E-state index >= 15 is 0 Å². The van der Waals surface area contributed by atoms with Crippen molar-refractivity contribution in [2.24, 2.45) is 4.99 Å². The molecule has 0 radical (unpaired) electrons. The van der Waals surface area contributed by atoms with E-state index in [0.717, 1.165) is 12.0 Å². The molecule has 1 amide bonds. The summed E-state index contributed by atoms with van der Waals surface area (Å²) in [6, 6.07) is 14.9. The van der Waals surface area contributed by atoms with Crippen LogP contribution in [0.2, 0.25) is 0 Å². The highest BCUT2D eigenvalue weighted by Gasteiger charge is 2.24. The lowest BCUT2D eigenvalue weighted by Crippen LogP contribution is -2.07. The molecule has 0 fully saturated rings. The Morgan fingerprint density at radius 2 is 1.80 bits per heavy atom. The van der Waals surface area contributed by atoms with E-state index in [-0.39, 0.29) is 17.5 Å². The summed E-state index contributed by atoms with van der Waals surface area (Å²) in [6.45, 7) is 3.54. The van der Waals surface area contributed by atoms with E-state index in [1.165, 1.54) is 12.5 Å². The Bertz CT molecular complexity index is 863. The standard InChI is InChI=1S/C20H18N2O3/c1-3-14-4-6-15(7-5-14)12-18-20(24)25-19(22-18)16-8-10-17(11-9-16)21-13(2)23/h4-12H,3H2,1-2H3,(H,21,23). The highest BCUT2D eigenvalue weighted by Crippen LogP contribution is 2.20. The summed E-state index contributed by atoms with van der Waals surface area (Å²) in [7, 11) is 0. The summed E-state index contributed by atoms with van der Waals surface area (Å²) in [5, 5.41) is 2.68. The number of rotatable bonds is 4. The smallest absolute Gasteiger partial charge is 0.363 e. The SMILES string of the molecule is CCc1ccc(C=C2N=C(c3ccc(NC(C)=O)cc3)OC2=O)cc1. The minimum atomic E-state index is -0.472. The van der Waals surface area contributed by atoms with Gasteiger partial charge in [0.2, 0.25) is 11.8 Å². The Labute approximate surface area is 146 Å². The molecule has 0 atom stereocenters. The second kappa shape index (κ2) is 7.13. The van der Waals surface area contributed by atoms with Gasteiger partial charge in [0.15, 0.2) is 5.70 Å². The summed E-state index contributed by atoms with van der Waals surface area (Å²) in [5.41, 5.74) is 3.75. The van der Waals surface area contributed by atoms with Crippen LogP contribution in [0, 0.1) is 0 Å². The van der Waals surface area contributed by atoms with Crippen LogP contribution in [0.5, 0.6) is 0 Å². The normalized spacial score (nSPS) is 15.0. The van der Waals surface area contributed by atoms with Gasteiger partial charge in [0.05, 0.1) is 0 Å². The molecule has 1 heterocycles. The molecule has 0 bridgehead atoms. The van der Waals surface area contributed by atoms with E-state index in [1.807, 2.05) is 24.3 Å². The van der Waals surface area contributed by atoms with Crippen molar-refractivity contribution in [3.8, 4) is 0 Å². The van der Waals surface area contributed by atoms with Crippen LogP contribution in [0.25, 0.3) is 6.08 Å². The predicted molar refractivity (Wildman–Crippen MR) is 97.2 cm³/mol. The maximum Gasteiger partial charge on any atom is 0.363 e. The van der Waals surface area contributed by atoms with Gasteiger partial charge in [0, 0.05) is 18.2 Å². The number of benzene rings is 2. The topological polar surface area (TPSA) is 67.8 Å². The van der Waals surface area contributed by atoms with Crippen LogP contribution in [0.3, 0.4) is 0 Å². The van der Waals surface area contributed by atoms with E-state index < -0.39 is 5.97 Å². The molecular formula is C20H18N2O3. The highest BCUT2D eigenvalue weighted by molar-refractivity contribution is 6.13. The van der Waals surface area contributed by atoms with Gasteiger partial charge in [0.1, 0.15) is 0 Å². The Morgan fingerprint density at radius 1 is 1.12 bits per heavy atom. The van der Waals surface area contributed by atoms with E-state index in [2.05, 4.69) is 17.2 Å². The molecule has 0 saturated heterocycles. The van der Waals surface area contributed by atoms with E-state index in [0.29, 0.717) is 11.3 Å². The summed E-state index contributed by atoms with van der Waals surface area (Å²) >= 11 is 0. The minimum Gasteiger partial charge on any atom is -0.402 e. The predicted octanol–water partition coefficient (Wildman–Crippen LogP) is 3.55. The molecule has 1 aliphatic rings. The molecule has 5 heteroatoms. The summed E-state index contributed by atoms with van der Waals surface area (Å²) in [6.07, 6.45) is 2.68. The molecule has 0 aromatic heterocycles. The molecular weight excluding hydrogens is 316 g/mol. The molecule has 0 spiro atoms. The van der Waals surface area contributed by atoms with Crippen LogP contribution < -0.4 is 5.32 Å². The first-order valence-electron chi connectivity index (χ1n) is 8.04. The number of cyclic esters (lactones) is 1. The van der Waals surface area contributed by atoms with Crippen LogP contribution in [-0.2, 0) is 20.7 Å². The van der Waals surface area contributed by atoms with Gasteiger partial charge >= 0.3 is 5.97 Å². The highest BCUT2D eigenvalue weighted by atomic mass is 16.6. The van der Waals surface area contributed by atoms with Gasteiger partial charge in [-0.15, -0.1) is 0 Å². The van der Waals surface area contributed by atoms with E-state index in [4.69, 9.17) is 4.74 Å². The van der Waals surface area contributed by atoms with Crippen molar-refractivity contribution in [1.82, 2.24) is 0 Å². The van der Waals surface area contributed by atoms with Gasteiger partial charge in [-0.25, -0.2) is 9.79 Å². The molecule has 2 aromatic rings. The summed E-state index contributed by atoms with van der Waals surface area (Å²) < 4.78 is 5.25. The maximum atomic E-state index is 12.0. The number of anilines is 1. The van der Waals surface area contributed by atoms with Gasteiger partial charge in [-0.2, -0.15) is 0 Å². The molecule has 25 heavy (non-hydrogen) atoms. The second-order valence-corrected chi connectivity index (χ2v) is 5.69. The molecule has 0 saturated carbocycles. The van der Waals surface area contributed by atoms with Crippen molar-refractivity contribution in [3.63, 3.8) is 0 Å². The van der Waals surface area contributed by atoms with Crippen molar-refractivity contribution in [1.29, 1.82) is 0 Å². The monoisotopic (exact) mass is 334 g/mol. The third-order valence-electron chi connectivity index (χ3n) is 3.76. The van der Waals surface area contributed by atoms with Gasteiger partial charge < -0.3 is 10.1 Å². The lowest BCUT2D eigenvalue weighted by atomic mass is 10.1. The van der Waals surface area contributed by atoms with Gasteiger partial charge in [-0.1, -0.05) is 31.2 Å². The quantitative estimate of drug-likeness (QED) is 0.687. The van der Waals surface area contributed by atoms with Gasteiger partial charge in [-0.05, 0) is 47.9 Å². The number of hydrogen-bond acceptors (Lipinski definition) is 4. The molecule has 1 N–H and O–H groups in total. The number of ether oxygens (including phenoxy) is 1. The van der Waals surface area contributed by atoms with E-state index in [1.54, 1.807) is 30.3 Å². The van der Waals surface area contributed by atoms with E-state index in [9.17, 15) is 9.59 Å². The fourth-order valence-electron chi connectivity index (χ4n) is 2.44. The number of aliphatic imine (C=N–C) groups is 1. The molecule has 1 aliphatic heterocycles. The van der Waals surface area contributed by atoms with Crippen molar-refractivity contribution in [2.45, 2.75) is 20.3 Å². The second-order valence-electron chi connectivity index (χ2n) is 5.69. The van der Waals surface area contributed by atoms with Crippen molar-refractivity contribution < 1.29 is 14.3 Å². The number of carbonyl (C=O) groups is 2. The maximum absolute atomic E-state index is 12.0. The number of amides is 1. The van der Waals surface area contributed by atoms with Crippen LogP contribution >= 0.6 is 0 Å². The molecule has 3 rings (SSSR count). The first-order chi connectivity index (χ1) is 12.0. The Kier molecular flexibility index (Phi) is 4.75. The minimum absolute atomic E-state index is 0.142. The lowest BCUT2D eigenvalue weighted by molar-refractivity contribution is -0.129. The third-order valence-corrected chi connectivity index (χ3v) is 3.76. The van der Waals surface area contributed by atoms with Crippen LogP contribution in [-0.4, -0.2) is 17.8 Å². The molecule has 2 aromatic carbocycles. The summed E-state index contributed by atoms with van der Waals surface area (Å²) in [4.78, 5) is 27.4. The van der Waals surface area contributed by atoms with Gasteiger partial charge in [0.25, 0.3) is 0 Å². The third kappa shape index (κ3) is 4.01. The molecule has 0 unspecified atom stereocenters. The number of aryl methyl sites for hydroxylation is 1. The zero-order valence-corrected chi connectivity index (χ0v) is 14.1. The number of carbonyl (C=O) groups excluding carboxylic acids is 2. The van der Waals surface area contributed by atoms with Crippen LogP contribution in [0.15, 0.2) is 59.2 Å². The number of nitrogens with one attached hydrogen (secondary N) is 1. The van der Waals surface area contributed by atoms with Crippen molar-refractivity contribution in [2.75, 3.05) is 5.32 Å². The van der Waals surface area contributed by atoms with Gasteiger partial charge in [-0.3, -0.25) is 4.79 Å². The Morgan fingerprint density at radius 3 is 2.40 bits per heavy atom. The molecule has 5 nitrogen and oxygen atoms in total. The fourth-order valence-corrected chi connectivity index (χ4v) is 2.44. The van der Waals surface area contributed by atoms with Crippen molar-refractivity contribution >= 4 is 29.5 Å². The molecule has 126 valence electrons. The zero-order chi connectivity index (χ0) is 17.8. The van der Waals surface area contributed by atoms with Crippen LogP contribution in [0.1, 0.15) is 30.5 Å². The van der Waals surface area contributed by atoms with Crippen LogP contribution in [0.4, 0.5) is 5.69 Å². The molecule has 0 aliphatic carbocycles. The zero-order valence-electron chi connectivity index (χ0n) is 14.1. The summed E-state index contributed by atoms with van der Waals surface area (Å²) in [5.74, 6) is -0.354. The number of hydrogen-bond donors (Lipinski definition) is 1. The average Bonchev–Trinajstić information content (AvgIpc) is 2.96. The number of esters is 1. The Hall–Kier alpha value is -3.21. The fraction of sp³-hybridized carbons (Fsp3) is 0.150. The first-order valence-corrected chi connectivity index (χ1v) is 8.04. The first kappa shape index (κ1) is 16.6. The average molecular weight is 334 g/mol. The van der Waals surface area contributed by atoms with Crippen molar-refractivity contribution in [3.05, 3.63) is 70.9 Å². The largest absolute Gasteiger partial charge is 0.402 e.